The van der Waals surface area contributed by atoms with Crippen LogP contribution in [0.1, 0.15) is 555 Å². The van der Waals surface area contributed by atoms with Crippen LogP contribution < -0.4 is 0 Å². The van der Waals surface area contributed by atoms with Gasteiger partial charge in [0.2, 0.25) is 0 Å². The molecule has 0 unspecified atom stereocenters. The van der Waals surface area contributed by atoms with E-state index < -0.39 is 53.9 Å². The maximum Gasteiger partial charge on any atom is 2.00 e. The fraction of sp³-hybridized carbons (Fsp3) is 0.778. The molecule has 0 aliphatic rings. The monoisotopic (exact) mass is 1810 g/mol. The Hall–Kier alpha value is -3.64. The Balaban J connectivity index is 0.00000244. The zero-order valence-electron chi connectivity index (χ0n) is 80.2. The molecule has 0 aromatic heterocycles. The van der Waals surface area contributed by atoms with Crippen LogP contribution in [0.25, 0.3) is 0 Å². The molecule has 716 valence electrons. The van der Waals surface area contributed by atoms with Gasteiger partial charge in [0, 0.05) is 0 Å². The second-order valence-electron chi connectivity index (χ2n) is 36.0. The van der Waals surface area contributed by atoms with Crippen molar-refractivity contribution >= 4 is 81.9 Å². The molecule has 17 heteroatoms. The van der Waals surface area contributed by atoms with E-state index in [2.05, 4.69) is 26.3 Å². The van der Waals surface area contributed by atoms with Crippen molar-refractivity contribution in [2.24, 2.45) is 0 Å². The standard InChI is InChI=1S/2C54H94O7S.Ca/c2*1-3-5-7-9-11-13-15-17-19-21-23-25-27-29-31-33-35-37-39-41-43-47-60-53(55)51-46-45-50(62(57,58)59)49-52(51)54(56)61-48-44-42-40-38-36-34-32-30-28-26-24-22-20-18-16-14-12-10-8-6-4-2;/h2*3-4,45-46,49H,1-2,5-44,47-48H2,(H,57,58,59);/q;;+2/p-2. The normalized spacial score (nSPS) is 11.4. The summed E-state index contributed by atoms with van der Waals surface area (Å²) in [6.07, 6.45) is 109. The van der Waals surface area contributed by atoms with Crippen LogP contribution >= 0.6 is 0 Å². The number of ether oxygens (including phenoxy) is 4. The van der Waals surface area contributed by atoms with Gasteiger partial charge >= 0.3 is 61.6 Å². The van der Waals surface area contributed by atoms with Gasteiger partial charge in [-0.2, -0.15) is 0 Å². The first-order chi connectivity index (χ1) is 60.6. The fourth-order valence-electron chi connectivity index (χ4n) is 16.6. The van der Waals surface area contributed by atoms with E-state index in [4.69, 9.17) is 18.9 Å². The van der Waals surface area contributed by atoms with E-state index in [1.165, 1.54) is 410 Å². The van der Waals surface area contributed by atoms with Crippen LogP contribution in [-0.2, 0) is 39.2 Å². The van der Waals surface area contributed by atoms with Gasteiger partial charge in [-0.1, -0.05) is 461 Å². The number of esters is 4. The van der Waals surface area contributed by atoms with Crippen molar-refractivity contribution in [3.63, 3.8) is 0 Å². The smallest absolute Gasteiger partial charge is 0.744 e. The zero-order chi connectivity index (χ0) is 90.1. The number of carbonyl (C=O) groups excluding carboxylic acids is 4. The summed E-state index contributed by atoms with van der Waals surface area (Å²) >= 11 is 0. The molecule has 0 saturated heterocycles. The van der Waals surface area contributed by atoms with Gasteiger partial charge in [-0.15, -0.1) is 26.3 Å². The third-order valence-electron chi connectivity index (χ3n) is 24.6. The van der Waals surface area contributed by atoms with Crippen molar-refractivity contribution in [1.82, 2.24) is 0 Å². The van der Waals surface area contributed by atoms with E-state index >= 15 is 0 Å². The minimum atomic E-state index is -4.82. The van der Waals surface area contributed by atoms with Gasteiger partial charge in [0.1, 0.15) is 20.2 Å². The molecule has 0 heterocycles. The quantitative estimate of drug-likeness (QED) is 0.0150. The summed E-state index contributed by atoms with van der Waals surface area (Å²) < 4.78 is 92.0. The average molecular weight is 1810 g/mol. The Morgan fingerprint density at radius 1 is 0.208 bits per heavy atom. The van der Waals surface area contributed by atoms with Gasteiger partial charge in [-0.3, -0.25) is 0 Å². The first-order valence-corrected chi connectivity index (χ1v) is 54.8. The predicted octanol–water partition coefficient (Wildman–Crippen LogP) is 33.4. The summed E-state index contributed by atoms with van der Waals surface area (Å²) in [4.78, 5) is 50.7. The summed E-state index contributed by atoms with van der Waals surface area (Å²) in [5.41, 5.74) is -0.658. The second kappa shape index (κ2) is 92.2. The Labute approximate surface area is 798 Å². The second-order valence-corrected chi connectivity index (χ2v) is 38.8. The van der Waals surface area contributed by atoms with Crippen molar-refractivity contribution in [2.45, 2.75) is 523 Å². The Bertz CT molecular complexity index is 2890. The molecule has 0 saturated carbocycles. The molecule has 2 aromatic rings. The molecular weight excluding hydrogens is 1630 g/mol. The summed E-state index contributed by atoms with van der Waals surface area (Å²) in [6.45, 7) is 15.9. The van der Waals surface area contributed by atoms with E-state index in [9.17, 15) is 45.1 Å². The number of carbonyl (C=O) groups is 4. The molecule has 0 spiro atoms. The summed E-state index contributed by atoms with van der Waals surface area (Å²) in [5.74, 6) is -3.08. The van der Waals surface area contributed by atoms with Crippen molar-refractivity contribution < 1.29 is 64.1 Å². The minimum absolute atomic E-state index is 0. The molecule has 0 atom stereocenters. The molecule has 14 nitrogen and oxygen atoms in total. The summed E-state index contributed by atoms with van der Waals surface area (Å²) in [5, 5.41) is 0. The molecule has 0 bridgehead atoms. The van der Waals surface area contributed by atoms with Crippen molar-refractivity contribution in [1.29, 1.82) is 0 Å². The number of unbranched alkanes of at least 4 members (excludes halogenated alkanes) is 76. The first-order valence-electron chi connectivity index (χ1n) is 51.9. The number of hydrogen-bond donors (Lipinski definition) is 0. The van der Waals surface area contributed by atoms with E-state index in [0.29, 0.717) is 25.7 Å². The van der Waals surface area contributed by atoms with Crippen LogP contribution in [-0.4, -0.2) is 114 Å². The Morgan fingerprint density at radius 2 is 0.328 bits per heavy atom. The van der Waals surface area contributed by atoms with Gasteiger partial charge in [0.05, 0.1) is 58.5 Å². The molecule has 2 aromatic carbocycles. The van der Waals surface area contributed by atoms with Gasteiger partial charge < -0.3 is 28.1 Å². The zero-order valence-corrected chi connectivity index (χ0v) is 84.1. The van der Waals surface area contributed by atoms with E-state index in [1.54, 1.807) is 0 Å². The van der Waals surface area contributed by atoms with Gasteiger partial charge in [0.25, 0.3) is 0 Å². The maximum absolute atomic E-state index is 13.0. The molecular formula is C108H186CaO14S2. The van der Waals surface area contributed by atoms with Crippen LogP contribution in [0.15, 0.2) is 96.8 Å². The molecule has 2 rings (SSSR count). The predicted molar refractivity (Wildman–Crippen MR) is 526 cm³/mol. The van der Waals surface area contributed by atoms with E-state index in [-0.39, 0.29) is 86.4 Å². The van der Waals surface area contributed by atoms with Crippen LogP contribution in [0.2, 0.25) is 0 Å². The van der Waals surface area contributed by atoms with Crippen LogP contribution in [0.4, 0.5) is 0 Å². The molecule has 0 fully saturated rings. The van der Waals surface area contributed by atoms with Gasteiger partial charge in [-0.25, -0.2) is 36.0 Å². The molecule has 125 heavy (non-hydrogen) atoms. The van der Waals surface area contributed by atoms with Crippen LogP contribution in [0, 0.1) is 0 Å². The number of rotatable bonds is 94. The van der Waals surface area contributed by atoms with Gasteiger partial charge in [-0.05, 0) is 113 Å². The van der Waals surface area contributed by atoms with Crippen LogP contribution in [0.3, 0.4) is 0 Å². The molecule has 0 aliphatic heterocycles. The SMILES string of the molecule is C=CCCCCCCCCCCCCCCCCCCCCCOC(=O)c1ccc(S(=O)(=O)[O-])cc1C(=O)OCCCCCCCCCCCCCCCCCCCCCC=C.C=CCCCCCCCCCCCCCCCCCCCCCOC(=O)c1ccc(S(=O)(=O)[O-])cc1C(=O)OCCCCCCCCCCCCCCCCCCCCCC=C.[Ca+2]. The fourth-order valence-corrected chi connectivity index (χ4v) is 17.6. The minimum Gasteiger partial charge on any atom is -0.744 e. The number of hydrogen-bond acceptors (Lipinski definition) is 14. The Morgan fingerprint density at radius 3 is 0.456 bits per heavy atom. The third kappa shape index (κ3) is 78.7. The average Bonchev–Trinajstić information content (AvgIpc) is 0.812. The molecule has 0 aliphatic carbocycles. The molecule has 0 radical (unpaired) electrons. The van der Waals surface area contributed by atoms with Crippen LogP contribution in [0.5, 0.6) is 0 Å². The summed E-state index contributed by atoms with van der Waals surface area (Å²) in [6, 6.07) is 6.32. The largest absolute Gasteiger partial charge is 2.00 e. The van der Waals surface area contributed by atoms with E-state index in [0.717, 1.165) is 114 Å². The number of benzene rings is 2. The van der Waals surface area contributed by atoms with E-state index in [1.807, 2.05) is 24.3 Å². The maximum atomic E-state index is 13.0. The topological polar surface area (TPSA) is 220 Å². The van der Waals surface area contributed by atoms with Gasteiger partial charge in [0.15, 0.2) is 0 Å². The van der Waals surface area contributed by atoms with Crippen molar-refractivity contribution in [3.05, 3.63) is 109 Å². The number of allylic oxidation sites excluding steroid dienone is 4. The van der Waals surface area contributed by atoms with Crippen molar-refractivity contribution in [2.75, 3.05) is 26.4 Å². The molecule has 0 N–H and O–H groups in total. The third-order valence-corrected chi connectivity index (χ3v) is 26.2. The first kappa shape index (κ1) is 121. The van der Waals surface area contributed by atoms with Crippen molar-refractivity contribution in [3.8, 4) is 0 Å². The molecule has 0 amide bonds. The Kier molecular flexibility index (Phi) is 89.5. The summed E-state index contributed by atoms with van der Waals surface area (Å²) in [7, 11) is -9.64.